The van der Waals surface area contributed by atoms with Crippen LogP contribution in [-0.4, -0.2) is 15.6 Å². The van der Waals surface area contributed by atoms with Crippen LogP contribution >= 0.6 is 11.3 Å². The second-order valence-corrected chi connectivity index (χ2v) is 3.81. The van der Waals surface area contributed by atoms with Crippen molar-refractivity contribution >= 4 is 17.3 Å². The highest BCUT2D eigenvalue weighted by molar-refractivity contribution is 7.08. The van der Waals surface area contributed by atoms with Crippen LogP contribution in [0.1, 0.15) is 10.4 Å². The van der Waals surface area contributed by atoms with E-state index in [0.717, 1.165) is 11.1 Å². The molecule has 0 aliphatic rings. The normalized spacial score (nSPS) is 10.4. The van der Waals surface area contributed by atoms with Crippen molar-refractivity contribution in [2.75, 3.05) is 0 Å². The van der Waals surface area contributed by atoms with Crippen LogP contribution in [0.4, 0.5) is 0 Å². The third kappa shape index (κ3) is 1.44. The Morgan fingerprint density at radius 2 is 2.29 bits per heavy atom. The minimum Gasteiger partial charge on any atom is -0.478 e. The number of carboxylic acids is 1. The van der Waals surface area contributed by atoms with E-state index in [0.29, 0.717) is 5.56 Å². The number of rotatable bonds is 2. The predicted molar refractivity (Wildman–Crippen MR) is 55.7 cm³/mol. The van der Waals surface area contributed by atoms with Gasteiger partial charge in [0.15, 0.2) is 0 Å². The number of aromatic nitrogens is 1. The SMILES string of the molecule is Cn1ccc(-c2cscc2C(=O)O)c1. The minimum absolute atomic E-state index is 0.376. The highest BCUT2D eigenvalue weighted by Gasteiger charge is 2.12. The van der Waals surface area contributed by atoms with E-state index < -0.39 is 5.97 Å². The first-order valence-corrected chi connectivity index (χ1v) is 5.04. The molecule has 0 radical (unpaired) electrons. The molecule has 0 spiro atoms. The second kappa shape index (κ2) is 3.31. The van der Waals surface area contributed by atoms with Gasteiger partial charge in [-0.15, -0.1) is 0 Å². The van der Waals surface area contributed by atoms with Gasteiger partial charge in [0, 0.05) is 35.9 Å². The summed E-state index contributed by atoms with van der Waals surface area (Å²) in [4.78, 5) is 10.9. The number of thiophene rings is 1. The number of carbonyl (C=O) groups is 1. The average molecular weight is 207 g/mol. The Morgan fingerprint density at radius 1 is 1.50 bits per heavy atom. The van der Waals surface area contributed by atoms with Crippen molar-refractivity contribution in [1.82, 2.24) is 4.57 Å². The molecule has 0 saturated heterocycles. The molecule has 72 valence electrons. The van der Waals surface area contributed by atoms with E-state index in [1.165, 1.54) is 11.3 Å². The van der Waals surface area contributed by atoms with Crippen LogP contribution < -0.4 is 0 Å². The summed E-state index contributed by atoms with van der Waals surface area (Å²) in [7, 11) is 1.91. The first-order valence-electron chi connectivity index (χ1n) is 4.10. The van der Waals surface area contributed by atoms with Crippen LogP contribution in [0.15, 0.2) is 29.2 Å². The van der Waals surface area contributed by atoms with Crippen LogP contribution in [0.5, 0.6) is 0 Å². The van der Waals surface area contributed by atoms with Crippen LogP contribution in [0.2, 0.25) is 0 Å². The Balaban J connectivity index is 2.51. The molecule has 0 aromatic carbocycles. The van der Waals surface area contributed by atoms with E-state index in [2.05, 4.69) is 0 Å². The Labute approximate surface area is 85.2 Å². The fourth-order valence-corrected chi connectivity index (χ4v) is 2.18. The van der Waals surface area contributed by atoms with E-state index >= 15 is 0 Å². The van der Waals surface area contributed by atoms with Crippen LogP contribution in [0.3, 0.4) is 0 Å². The Hall–Kier alpha value is -1.55. The second-order valence-electron chi connectivity index (χ2n) is 3.07. The lowest BCUT2D eigenvalue weighted by atomic mass is 10.1. The fourth-order valence-electron chi connectivity index (χ4n) is 1.35. The third-order valence-corrected chi connectivity index (χ3v) is 2.78. The molecule has 0 saturated carbocycles. The van der Waals surface area contributed by atoms with E-state index in [4.69, 9.17) is 5.11 Å². The van der Waals surface area contributed by atoms with Crippen molar-refractivity contribution in [2.24, 2.45) is 7.05 Å². The highest BCUT2D eigenvalue weighted by atomic mass is 32.1. The maximum atomic E-state index is 10.9. The van der Waals surface area contributed by atoms with Crippen molar-refractivity contribution in [2.45, 2.75) is 0 Å². The van der Waals surface area contributed by atoms with E-state index in [1.807, 2.05) is 35.5 Å². The average Bonchev–Trinajstić information content (AvgIpc) is 2.70. The maximum absolute atomic E-state index is 10.9. The highest BCUT2D eigenvalue weighted by Crippen LogP contribution is 2.27. The fraction of sp³-hybridized carbons (Fsp3) is 0.100. The molecular formula is C10H9NO2S. The summed E-state index contributed by atoms with van der Waals surface area (Å²) < 4.78 is 1.90. The summed E-state index contributed by atoms with van der Waals surface area (Å²) in [5.41, 5.74) is 2.12. The monoisotopic (exact) mass is 207 g/mol. The summed E-state index contributed by atoms with van der Waals surface area (Å²) in [6, 6.07) is 1.91. The number of nitrogens with zero attached hydrogens (tertiary/aromatic N) is 1. The molecule has 0 amide bonds. The topological polar surface area (TPSA) is 42.2 Å². The summed E-state index contributed by atoms with van der Waals surface area (Å²) >= 11 is 1.41. The zero-order chi connectivity index (χ0) is 10.1. The number of aryl methyl sites for hydroxylation is 1. The quantitative estimate of drug-likeness (QED) is 0.821. The standard InChI is InChI=1S/C10H9NO2S/c1-11-3-2-7(4-11)8-5-14-6-9(8)10(12)13/h2-6H,1H3,(H,12,13). The van der Waals surface area contributed by atoms with Crippen molar-refractivity contribution in [1.29, 1.82) is 0 Å². The molecule has 2 aromatic rings. The zero-order valence-corrected chi connectivity index (χ0v) is 8.41. The van der Waals surface area contributed by atoms with Gasteiger partial charge < -0.3 is 9.67 Å². The summed E-state index contributed by atoms with van der Waals surface area (Å²) in [6.07, 6.45) is 3.81. The summed E-state index contributed by atoms with van der Waals surface area (Å²) in [5.74, 6) is -0.870. The van der Waals surface area contributed by atoms with Gasteiger partial charge in [-0.2, -0.15) is 11.3 Å². The van der Waals surface area contributed by atoms with Gasteiger partial charge in [-0.05, 0) is 11.4 Å². The maximum Gasteiger partial charge on any atom is 0.337 e. The molecule has 0 aliphatic carbocycles. The van der Waals surface area contributed by atoms with E-state index in [-0.39, 0.29) is 0 Å². The Morgan fingerprint density at radius 3 is 2.86 bits per heavy atom. The summed E-state index contributed by atoms with van der Waals surface area (Å²) in [5, 5.41) is 12.4. The molecule has 2 heterocycles. The molecule has 0 unspecified atom stereocenters. The van der Waals surface area contributed by atoms with Gasteiger partial charge in [0.25, 0.3) is 0 Å². The number of hydrogen-bond acceptors (Lipinski definition) is 2. The molecule has 0 aliphatic heterocycles. The molecule has 3 nitrogen and oxygen atoms in total. The van der Waals surface area contributed by atoms with Crippen molar-refractivity contribution in [3.8, 4) is 11.1 Å². The van der Waals surface area contributed by atoms with Crippen molar-refractivity contribution < 1.29 is 9.90 Å². The molecule has 2 aromatic heterocycles. The molecule has 14 heavy (non-hydrogen) atoms. The van der Waals surface area contributed by atoms with Gasteiger partial charge in [-0.3, -0.25) is 0 Å². The molecule has 1 N–H and O–H groups in total. The minimum atomic E-state index is -0.870. The van der Waals surface area contributed by atoms with Crippen LogP contribution in [-0.2, 0) is 7.05 Å². The number of carboxylic acid groups (broad SMARTS) is 1. The van der Waals surface area contributed by atoms with Crippen molar-refractivity contribution in [3.63, 3.8) is 0 Å². The lowest BCUT2D eigenvalue weighted by molar-refractivity contribution is 0.0698. The molecule has 4 heteroatoms. The zero-order valence-electron chi connectivity index (χ0n) is 7.60. The predicted octanol–water partition coefficient (Wildman–Crippen LogP) is 2.45. The third-order valence-electron chi connectivity index (χ3n) is 2.04. The number of aromatic carboxylic acids is 1. The van der Waals surface area contributed by atoms with Crippen molar-refractivity contribution in [3.05, 3.63) is 34.8 Å². The van der Waals surface area contributed by atoms with Crippen LogP contribution in [0.25, 0.3) is 11.1 Å². The molecular weight excluding hydrogens is 198 g/mol. The Bertz CT molecular complexity index is 470. The smallest absolute Gasteiger partial charge is 0.337 e. The molecule has 0 fully saturated rings. The van der Waals surface area contributed by atoms with Crippen LogP contribution in [0, 0.1) is 0 Å². The lowest BCUT2D eigenvalue weighted by Gasteiger charge is -1.95. The van der Waals surface area contributed by atoms with Gasteiger partial charge in [0.05, 0.1) is 5.56 Å². The molecule has 0 atom stereocenters. The van der Waals surface area contributed by atoms with Gasteiger partial charge >= 0.3 is 5.97 Å². The summed E-state index contributed by atoms with van der Waals surface area (Å²) in [6.45, 7) is 0. The van der Waals surface area contributed by atoms with E-state index in [1.54, 1.807) is 5.38 Å². The van der Waals surface area contributed by atoms with Gasteiger partial charge in [0.2, 0.25) is 0 Å². The Kier molecular flexibility index (Phi) is 2.13. The van der Waals surface area contributed by atoms with Gasteiger partial charge in [-0.1, -0.05) is 0 Å². The number of hydrogen-bond donors (Lipinski definition) is 1. The van der Waals surface area contributed by atoms with E-state index in [9.17, 15) is 4.79 Å². The first-order chi connectivity index (χ1) is 6.68. The first kappa shape index (κ1) is 9.02. The lowest BCUT2D eigenvalue weighted by Crippen LogP contribution is -1.95. The largest absolute Gasteiger partial charge is 0.478 e. The van der Waals surface area contributed by atoms with Gasteiger partial charge in [0.1, 0.15) is 0 Å². The van der Waals surface area contributed by atoms with Gasteiger partial charge in [-0.25, -0.2) is 4.79 Å². The molecule has 0 bridgehead atoms. The molecule has 2 rings (SSSR count).